The van der Waals surface area contributed by atoms with E-state index < -0.39 is 5.97 Å². The average Bonchev–Trinajstić information content (AvgIpc) is 2.44. The van der Waals surface area contributed by atoms with E-state index in [2.05, 4.69) is 4.98 Å². The van der Waals surface area contributed by atoms with Gasteiger partial charge in [0.15, 0.2) is 0 Å². The fraction of sp³-hybridized carbons (Fsp3) is 0.400. The summed E-state index contributed by atoms with van der Waals surface area (Å²) in [5.41, 5.74) is 0.680. The number of aromatic nitrogens is 1. The summed E-state index contributed by atoms with van der Waals surface area (Å²) in [5, 5.41) is 8.74. The van der Waals surface area contributed by atoms with Crippen LogP contribution in [0.15, 0.2) is 24.4 Å². The summed E-state index contributed by atoms with van der Waals surface area (Å²) in [6.07, 6.45) is 5.06. The van der Waals surface area contributed by atoms with Crippen LogP contribution in [0.4, 0.5) is 5.82 Å². The monoisotopic (exact) mass is 291 g/mol. The molecule has 1 N–H and O–H groups in total. The number of amides is 1. The molecule has 0 saturated carbocycles. The van der Waals surface area contributed by atoms with Gasteiger partial charge in [-0.2, -0.15) is 0 Å². The molecule has 0 aliphatic heterocycles. The normalized spacial score (nSPS) is 10.6. The van der Waals surface area contributed by atoms with Crippen molar-refractivity contribution in [2.45, 2.75) is 13.3 Å². The van der Waals surface area contributed by atoms with Gasteiger partial charge in [-0.3, -0.25) is 4.79 Å². The fourth-order valence-electron chi connectivity index (χ4n) is 1.80. The lowest BCUT2D eigenvalue weighted by atomic mass is 10.2. The average molecular weight is 291 g/mol. The quantitative estimate of drug-likeness (QED) is 0.770. The van der Waals surface area contributed by atoms with Crippen molar-refractivity contribution in [2.24, 2.45) is 0 Å². The van der Waals surface area contributed by atoms with Crippen LogP contribution in [0.2, 0.25) is 0 Å². The maximum Gasteiger partial charge on any atom is 0.328 e. The largest absolute Gasteiger partial charge is 0.478 e. The van der Waals surface area contributed by atoms with Crippen molar-refractivity contribution in [3.63, 3.8) is 0 Å². The van der Waals surface area contributed by atoms with Crippen molar-refractivity contribution in [3.05, 3.63) is 30.0 Å². The molecule has 0 aromatic carbocycles. The summed E-state index contributed by atoms with van der Waals surface area (Å²) in [7, 11) is 3.41. The molecular weight excluding hydrogens is 270 g/mol. The summed E-state index contributed by atoms with van der Waals surface area (Å²) in [5.74, 6) is -0.425. The summed E-state index contributed by atoms with van der Waals surface area (Å²) in [6, 6.07) is 3.52. The highest BCUT2D eigenvalue weighted by molar-refractivity contribution is 5.87. The molecule has 0 saturated heterocycles. The van der Waals surface area contributed by atoms with Crippen molar-refractivity contribution < 1.29 is 14.7 Å². The third kappa shape index (κ3) is 5.25. The van der Waals surface area contributed by atoms with Crippen LogP contribution >= 0.6 is 0 Å². The predicted molar refractivity (Wildman–Crippen MR) is 82.1 cm³/mol. The van der Waals surface area contributed by atoms with Gasteiger partial charge in [-0.1, -0.05) is 6.92 Å². The van der Waals surface area contributed by atoms with Crippen LogP contribution in [0.5, 0.6) is 0 Å². The van der Waals surface area contributed by atoms with Crippen LogP contribution in [-0.4, -0.2) is 54.1 Å². The molecule has 0 aliphatic rings. The second-order valence-electron chi connectivity index (χ2n) is 4.80. The smallest absolute Gasteiger partial charge is 0.328 e. The SMILES string of the molecule is CCCN(CC(=O)N(C)C)c1ncccc1/C=C/C(=O)O. The first-order chi connectivity index (χ1) is 9.95. The minimum atomic E-state index is -1.02. The van der Waals surface area contributed by atoms with Crippen molar-refractivity contribution >= 4 is 23.8 Å². The maximum absolute atomic E-state index is 11.9. The maximum atomic E-state index is 11.9. The van der Waals surface area contributed by atoms with Crippen LogP contribution in [-0.2, 0) is 9.59 Å². The van der Waals surface area contributed by atoms with Crippen LogP contribution in [0.25, 0.3) is 6.08 Å². The third-order valence-corrected chi connectivity index (χ3v) is 2.84. The fourth-order valence-corrected chi connectivity index (χ4v) is 1.80. The Hall–Kier alpha value is -2.37. The molecule has 114 valence electrons. The van der Waals surface area contributed by atoms with Gasteiger partial charge in [-0.05, 0) is 24.6 Å². The molecular formula is C15H21N3O3. The second-order valence-corrected chi connectivity index (χ2v) is 4.80. The first-order valence-electron chi connectivity index (χ1n) is 6.76. The Balaban J connectivity index is 3.07. The highest BCUT2D eigenvalue weighted by Crippen LogP contribution is 2.19. The number of carbonyl (C=O) groups excluding carboxylic acids is 1. The number of pyridine rings is 1. The molecule has 0 bridgehead atoms. The van der Waals surface area contributed by atoms with Crippen molar-refractivity contribution in [1.29, 1.82) is 0 Å². The van der Waals surface area contributed by atoms with E-state index in [1.54, 1.807) is 32.4 Å². The molecule has 1 heterocycles. The zero-order chi connectivity index (χ0) is 15.8. The molecule has 0 spiro atoms. The topological polar surface area (TPSA) is 73.7 Å². The van der Waals surface area contributed by atoms with E-state index in [9.17, 15) is 9.59 Å². The molecule has 1 amide bonds. The molecule has 1 rings (SSSR count). The Labute approximate surface area is 124 Å². The number of hydrogen-bond acceptors (Lipinski definition) is 4. The standard InChI is InChI=1S/C15H21N3O3/c1-4-10-18(11-13(19)17(2)3)15-12(6-5-9-16-15)7-8-14(20)21/h5-9H,4,10-11H2,1-3H3,(H,20,21)/b8-7+. The molecule has 0 aliphatic carbocycles. The van der Waals surface area contributed by atoms with Crippen molar-refractivity contribution in [1.82, 2.24) is 9.88 Å². The van der Waals surface area contributed by atoms with Gasteiger partial charge in [0.2, 0.25) is 5.91 Å². The number of carboxylic acid groups (broad SMARTS) is 1. The zero-order valence-corrected chi connectivity index (χ0v) is 12.6. The first-order valence-corrected chi connectivity index (χ1v) is 6.76. The van der Waals surface area contributed by atoms with E-state index in [4.69, 9.17) is 5.11 Å². The van der Waals surface area contributed by atoms with E-state index >= 15 is 0 Å². The number of nitrogens with zero attached hydrogens (tertiary/aromatic N) is 3. The third-order valence-electron chi connectivity index (χ3n) is 2.84. The molecule has 1 aromatic heterocycles. The van der Waals surface area contributed by atoms with Crippen LogP contribution in [0.1, 0.15) is 18.9 Å². The van der Waals surface area contributed by atoms with Gasteiger partial charge in [0, 0.05) is 38.5 Å². The van der Waals surface area contributed by atoms with E-state index in [-0.39, 0.29) is 12.5 Å². The Kier molecular flexibility index (Phi) is 6.39. The van der Waals surface area contributed by atoms with E-state index in [1.165, 1.54) is 11.0 Å². The number of carboxylic acids is 1. The van der Waals surface area contributed by atoms with Crippen LogP contribution in [0.3, 0.4) is 0 Å². The lowest BCUT2D eigenvalue weighted by molar-refractivity contribution is -0.131. The van der Waals surface area contributed by atoms with Gasteiger partial charge >= 0.3 is 5.97 Å². The van der Waals surface area contributed by atoms with Gasteiger partial charge in [-0.15, -0.1) is 0 Å². The van der Waals surface area contributed by atoms with Crippen molar-refractivity contribution in [2.75, 3.05) is 32.1 Å². The van der Waals surface area contributed by atoms with Crippen LogP contribution < -0.4 is 4.90 Å². The number of carbonyl (C=O) groups is 2. The van der Waals surface area contributed by atoms with E-state index in [0.717, 1.165) is 12.5 Å². The minimum absolute atomic E-state index is 0.0257. The van der Waals surface area contributed by atoms with Gasteiger partial charge < -0.3 is 14.9 Å². The summed E-state index contributed by atoms with van der Waals surface area (Å²) < 4.78 is 0. The first kappa shape index (κ1) is 16.7. The molecule has 1 aromatic rings. The highest BCUT2D eigenvalue weighted by Gasteiger charge is 2.15. The van der Waals surface area contributed by atoms with Gasteiger partial charge in [0.1, 0.15) is 5.82 Å². The van der Waals surface area contributed by atoms with E-state index in [0.29, 0.717) is 17.9 Å². The Morgan fingerprint density at radius 1 is 1.38 bits per heavy atom. The second kappa shape index (κ2) is 8.04. The number of rotatable bonds is 7. The molecule has 0 unspecified atom stereocenters. The van der Waals surface area contributed by atoms with E-state index in [1.807, 2.05) is 11.8 Å². The molecule has 0 radical (unpaired) electrons. The number of likely N-dealkylation sites (N-methyl/N-ethyl adjacent to an activating group) is 1. The Bertz CT molecular complexity index is 527. The molecule has 0 fully saturated rings. The lowest BCUT2D eigenvalue weighted by Crippen LogP contribution is -2.37. The molecule has 6 heteroatoms. The van der Waals surface area contributed by atoms with Gasteiger partial charge in [-0.25, -0.2) is 9.78 Å². The Morgan fingerprint density at radius 2 is 2.10 bits per heavy atom. The molecule has 6 nitrogen and oxygen atoms in total. The molecule has 0 atom stereocenters. The molecule has 21 heavy (non-hydrogen) atoms. The van der Waals surface area contributed by atoms with Gasteiger partial charge in [0.25, 0.3) is 0 Å². The zero-order valence-electron chi connectivity index (χ0n) is 12.6. The van der Waals surface area contributed by atoms with Crippen molar-refractivity contribution in [3.8, 4) is 0 Å². The predicted octanol–water partition coefficient (Wildman–Crippen LogP) is 1.48. The highest BCUT2D eigenvalue weighted by atomic mass is 16.4. The minimum Gasteiger partial charge on any atom is -0.478 e. The lowest BCUT2D eigenvalue weighted by Gasteiger charge is -2.25. The summed E-state index contributed by atoms with van der Waals surface area (Å²) in [6.45, 7) is 2.90. The summed E-state index contributed by atoms with van der Waals surface area (Å²) in [4.78, 5) is 30.3. The number of anilines is 1. The number of aliphatic carboxylic acids is 1. The van der Waals surface area contributed by atoms with Gasteiger partial charge in [0.05, 0.1) is 6.54 Å². The summed E-state index contributed by atoms with van der Waals surface area (Å²) >= 11 is 0. The number of hydrogen-bond donors (Lipinski definition) is 1. The van der Waals surface area contributed by atoms with Crippen LogP contribution in [0, 0.1) is 0 Å². The Morgan fingerprint density at radius 3 is 2.67 bits per heavy atom.